The molecule has 1 amide bonds. The van der Waals surface area contributed by atoms with E-state index in [2.05, 4.69) is 15.5 Å². The topological polar surface area (TPSA) is 92.3 Å². The number of carbonyl (C=O) groups is 1. The fourth-order valence-electron chi connectivity index (χ4n) is 2.08. The molecule has 7 nitrogen and oxygen atoms in total. The van der Waals surface area contributed by atoms with Gasteiger partial charge in [0.15, 0.2) is 4.34 Å². The molecule has 0 aliphatic heterocycles. The molecule has 136 valence electrons. The van der Waals surface area contributed by atoms with Gasteiger partial charge < -0.3 is 0 Å². The van der Waals surface area contributed by atoms with E-state index in [4.69, 9.17) is 11.6 Å². The highest BCUT2D eigenvalue weighted by atomic mass is 35.5. The van der Waals surface area contributed by atoms with Gasteiger partial charge in [0.05, 0.1) is 11.9 Å². The molecule has 0 aliphatic rings. The zero-order valence-corrected chi connectivity index (χ0v) is 17.2. The molecule has 2 rings (SSSR count). The summed E-state index contributed by atoms with van der Waals surface area (Å²) in [6.45, 7) is 3.31. The van der Waals surface area contributed by atoms with E-state index >= 15 is 0 Å². The van der Waals surface area contributed by atoms with Gasteiger partial charge in [-0.1, -0.05) is 40.8 Å². The Morgan fingerprint density at radius 3 is 2.60 bits per heavy atom. The van der Waals surface area contributed by atoms with Crippen LogP contribution in [0, 0.1) is 6.92 Å². The highest BCUT2D eigenvalue weighted by Gasteiger charge is 2.30. The number of aryl methyl sites for hydroxylation is 1. The van der Waals surface area contributed by atoms with Crippen LogP contribution in [-0.2, 0) is 14.8 Å². The normalized spacial score (nSPS) is 12.7. The number of carbonyl (C=O) groups excluding carboxylic acids is 1. The van der Waals surface area contributed by atoms with Crippen molar-refractivity contribution in [2.24, 2.45) is 0 Å². The summed E-state index contributed by atoms with van der Waals surface area (Å²) in [7, 11) is -3.71. The number of thioether (sulfide) groups is 1. The van der Waals surface area contributed by atoms with Crippen molar-refractivity contribution in [3.8, 4) is 0 Å². The molecule has 1 aromatic carbocycles. The molecule has 0 spiro atoms. The summed E-state index contributed by atoms with van der Waals surface area (Å²) < 4.78 is 26.2. The molecule has 0 bridgehead atoms. The molecule has 1 N–H and O–H groups in total. The molecule has 2 aromatic rings. The number of nitrogens with zero attached hydrogens (tertiary/aromatic N) is 3. The molecule has 1 aromatic heterocycles. The third kappa shape index (κ3) is 4.84. The minimum Gasteiger partial charge on any atom is -0.299 e. The van der Waals surface area contributed by atoms with E-state index in [0.717, 1.165) is 16.1 Å². The molecular formula is C14H17ClN4O3S3. The van der Waals surface area contributed by atoms with Crippen LogP contribution in [0.2, 0.25) is 5.02 Å². The first-order chi connectivity index (χ1) is 11.6. The van der Waals surface area contributed by atoms with Gasteiger partial charge in [0, 0.05) is 5.02 Å². The third-order valence-corrected chi connectivity index (χ3v) is 6.77. The monoisotopic (exact) mass is 420 g/mol. The average molecular weight is 421 g/mol. The van der Waals surface area contributed by atoms with Gasteiger partial charge in [-0.05, 0) is 37.8 Å². The van der Waals surface area contributed by atoms with E-state index < -0.39 is 22.0 Å². The van der Waals surface area contributed by atoms with Crippen LogP contribution in [0.3, 0.4) is 0 Å². The smallest absolute Gasteiger partial charge is 0.249 e. The van der Waals surface area contributed by atoms with Crippen molar-refractivity contribution in [3.05, 3.63) is 28.8 Å². The van der Waals surface area contributed by atoms with E-state index in [1.807, 2.05) is 13.2 Å². The van der Waals surface area contributed by atoms with Gasteiger partial charge in [-0.3, -0.25) is 14.4 Å². The number of rotatable bonds is 6. The molecular weight excluding hydrogens is 404 g/mol. The molecule has 1 heterocycles. The van der Waals surface area contributed by atoms with Crippen molar-refractivity contribution in [1.29, 1.82) is 0 Å². The predicted molar refractivity (Wildman–Crippen MR) is 103 cm³/mol. The fraction of sp³-hybridized carbons (Fsp3) is 0.357. The standard InChI is InChI=1S/C14H17ClN4O3S3/c1-8-5-6-10(7-11(8)15)19(25(4,21)22)9(2)12(20)16-13-17-18-14(23-3)24-13/h5-7,9H,1-4H3,(H,16,17,20). The van der Waals surface area contributed by atoms with E-state index in [-0.39, 0.29) is 0 Å². The van der Waals surface area contributed by atoms with Crippen LogP contribution < -0.4 is 9.62 Å². The lowest BCUT2D eigenvalue weighted by Gasteiger charge is -2.28. The number of hydrogen-bond donors (Lipinski definition) is 1. The Bertz CT molecular complexity index is 885. The van der Waals surface area contributed by atoms with Crippen molar-refractivity contribution >= 4 is 61.4 Å². The Morgan fingerprint density at radius 1 is 1.40 bits per heavy atom. The quantitative estimate of drug-likeness (QED) is 0.570. The second-order valence-corrected chi connectivity index (χ2v) is 9.53. The molecule has 0 fully saturated rings. The van der Waals surface area contributed by atoms with Crippen LogP contribution in [0.5, 0.6) is 0 Å². The molecule has 0 saturated carbocycles. The Labute approximate surface area is 159 Å². The number of anilines is 2. The van der Waals surface area contributed by atoms with E-state index in [1.165, 1.54) is 36.1 Å². The summed E-state index contributed by atoms with van der Waals surface area (Å²) in [5, 5.41) is 11.1. The fourth-order valence-corrected chi connectivity index (χ4v) is 4.59. The lowest BCUT2D eigenvalue weighted by Crippen LogP contribution is -2.45. The Hall–Kier alpha value is -1.36. The first kappa shape index (κ1) is 20.0. The van der Waals surface area contributed by atoms with Gasteiger partial charge in [-0.2, -0.15) is 0 Å². The zero-order chi connectivity index (χ0) is 18.8. The van der Waals surface area contributed by atoms with Crippen LogP contribution in [-0.4, -0.2) is 43.1 Å². The number of aromatic nitrogens is 2. The Morgan fingerprint density at radius 2 is 2.08 bits per heavy atom. The summed E-state index contributed by atoms with van der Waals surface area (Å²) >= 11 is 8.73. The molecule has 25 heavy (non-hydrogen) atoms. The minimum absolute atomic E-state index is 0.316. The number of sulfonamides is 1. The van der Waals surface area contributed by atoms with Crippen LogP contribution in [0.15, 0.2) is 22.5 Å². The lowest BCUT2D eigenvalue weighted by atomic mass is 10.2. The number of amides is 1. The first-order valence-corrected chi connectivity index (χ1v) is 11.3. The van der Waals surface area contributed by atoms with Crippen LogP contribution in [0.25, 0.3) is 0 Å². The Balaban J connectivity index is 2.30. The lowest BCUT2D eigenvalue weighted by molar-refractivity contribution is -0.116. The van der Waals surface area contributed by atoms with Crippen molar-refractivity contribution in [2.45, 2.75) is 24.2 Å². The zero-order valence-electron chi connectivity index (χ0n) is 14.0. The van der Waals surface area contributed by atoms with Crippen molar-refractivity contribution < 1.29 is 13.2 Å². The van der Waals surface area contributed by atoms with Gasteiger partial charge in [-0.25, -0.2) is 8.42 Å². The molecule has 0 aliphatic carbocycles. The largest absolute Gasteiger partial charge is 0.299 e. The summed E-state index contributed by atoms with van der Waals surface area (Å²) in [4.78, 5) is 12.5. The van der Waals surface area contributed by atoms with Gasteiger partial charge in [0.1, 0.15) is 6.04 Å². The van der Waals surface area contributed by atoms with Crippen molar-refractivity contribution in [1.82, 2.24) is 10.2 Å². The average Bonchev–Trinajstić information content (AvgIpc) is 2.97. The van der Waals surface area contributed by atoms with Gasteiger partial charge in [0.25, 0.3) is 0 Å². The first-order valence-electron chi connectivity index (χ1n) is 7.07. The van der Waals surface area contributed by atoms with E-state index in [1.54, 1.807) is 12.1 Å². The summed E-state index contributed by atoms with van der Waals surface area (Å²) in [6, 6.07) is 3.85. The number of halogens is 1. The SMILES string of the molecule is CSc1nnc(NC(=O)C(C)N(c2ccc(C)c(Cl)c2)S(C)(=O)=O)s1. The number of hydrogen-bond acceptors (Lipinski definition) is 7. The van der Waals surface area contributed by atoms with Crippen LogP contribution >= 0.6 is 34.7 Å². The number of benzene rings is 1. The Kier molecular flexibility index (Phi) is 6.30. The maximum Gasteiger partial charge on any atom is 0.249 e. The van der Waals surface area contributed by atoms with Gasteiger partial charge in [0.2, 0.25) is 21.1 Å². The second kappa shape index (κ2) is 7.90. The van der Waals surface area contributed by atoms with E-state index in [9.17, 15) is 13.2 Å². The molecule has 11 heteroatoms. The molecule has 0 radical (unpaired) electrons. The molecule has 1 atom stereocenters. The molecule has 0 saturated heterocycles. The highest BCUT2D eigenvalue weighted by molar-refractivity contribution is 8.00. The third-order valence-electron chi connectivity index (χ3n) is 3.31. The maximum absolute atomic E-state index is 12.5. The van der Waals surface area contributed by atoms with E-state index in [0.29, 0.717) is 20.2 Å². The second-order valence-electron chi connectivity index (χ2n) is 5.23. The maximum atomic E-state index is 12.5. The van der Waals surface area contributed by atoms with Crippen molar-refractivity contribution in [3.63, 3.8) is 0 Å². The molecule has 1 unspecified atom stereocenters. The minimum atomic E-state index is -3.71. The van der Waals surface area contributed by atoms with Gasteiger partial charge in [-0.15, -0.1) is 10.2 Å². The predicted octanol–water partition coefficient (Wildman–Crippen LogP) is 3.02. The number of nitrogens with one attached hydrogen (secondary N) is 1. The van der Waals surface area contributed by atoms with Crippen LogP contribution in [0.4, 0.5) is 10.8 Å². The van der Waals surface area contributed by atoms with Crippen LogP contribution in [0.1, 0.15) is 12.5 Å². The summed E-state index contributed by atoms with van der Waals surface area (Å²) in [5.41, 5.74) is 1.14. The summed E-state index contributed by atoms with van der Waals surface area (Å²) in [5.74, 6) is -0.508. The highest BCUT2D eigenvalue weighted by Crippen LogP contribution is 2.28. The van der Waals surface area contributed by atoms with Gasteiger partial charge >= 0.3 is 0 Å². The van der Waals surface area contributed by atoms with Crippen molar-refractivity contribution in [2.75, 3.05) is 22.1 Å². The summed E-state index contributed by atoms with van der Waals surface area (Å²) in [6.07, 6.45) is 2.89.